The summed E-state index contributed by atoms with van der Waals surface area (Å²) in [6.07, 6.45) is -11.5. The smallest absolute Gasteiger partial charge is 0.454 e. The third-order valence-electron chi connectivity index (χ3n) is 6.89. The summed E-state index contributed by atoms with van der Waals surface area (Å²) >= 11 is 0. The summed E-state index contributed by atoms with van der Waals surface area (Å²) in [6.45, 7) is 4.16. The van der Waals surface area contributed by atoms with E-state index in [4.69, 9.17) is 9.47 Å². The molecule has 260 valence electrons. The van der Waals surface area contributed by atoms with Gasteiger partial charge in [0.05, 0.1) is 6.04 Å². The highest BCUT2D eigenvalue weighted by atomic mass is 19.3. The first kappa shape index (κ1) is 36.6. The highest BCUT2D eigenvalue weighted by Gasteiger charge is 2.44. The van der Waals surface area contributed by atoms with E-state index in [-0.39, 0.29) is 33.9 Å². The summed E-state index contributed by atoms with van der Waals surface area (Å²) in [6, 6.07) is 16.7. The maximum atomic E-state index is 14.6. The van der Waals surface area contributed by atoms with Gasteiger partial charge < -0.3 is 24.8 Å². The molecule has 0 aliphatic carbocycles. The average Bonchev–Trinajstić information content (AvgIpc) is 3.02. The Kier molecular flexibility index (Phi) is 11.4. The summed E-state index contributed by atoms with van der Waals surface area (Å²) in [5.74, 6) is -3.59. The van der Waals surface area contributed by atoms with Crippen LogP contribution in [0.4, 0.5) is 31.1 Å². The van der Waals surface area contributed by atoms with Crippen LogP contribution in [-0.4, -0.2) is 48.7 Å². The molecule has 0 radical (unpaired) electrons. The number of hydrogen-bond donors (Lipinski definition) is 2. The molecule has 2 atom stereocenters. The molecule has 4 aromatic rings. The van der Waals surface area contributed by atoms with Gasteiger partial charge in [0.1, 0.15) is 35.6 Å². The van der Waals surface area contributed by atoms with Crippen LogP contribution in [0.1, 0.15) is 48.4 Å². The Bertz CT molecular complexity index is 1800. The molecule has 0 aromatic heterocycles. The van der Waals surface area contributed by atoms with Crippen LogP contribution < -0.4 is 15.4 Å². The van der Waals surface area contributed by atoms with Crippen molar-refractivity contribution in [2.75, 3.05) is 6.54 Å². The zero-order valence-corrected chi connectivity index (χ0v) is 26.4. The van der Waals surface area contributed by atoms with Gasteiger partial charge in [0, 0.05) is 10.9 Å². The zero-order valence-electron chi connectivity index (χ0n) is 26.4. The number of amides is 2. The molecule has 2 amide bonds. The van der Waals surface area contributed by atoms with Gasteiger partial charge in [-0.15, -0.1) is 0 Å². The van der Waals surface area contributed by atoms with Gasteiger partial charge >= 0.3 is 24.6 Å². The Balaban J connectivity index is 1.72. The molecule has 0 aliphatic rings. The van der Waals surface area contributed by atoms with Crippen LogP contribution in [0.25, 0.3) is 10.8 Å². The molecule has 49 heavy (non-hydrogen) atoms. The molecule has 2 N–H and O–H groups in total. The van der Waals surface area contributed by atoms with E-state index in [9.17, 15) is 40.7 Å². The van der Waals surface area contributed by atoms with Crippen LogP contribution in [0.5, 0.6) is 5.75 Å². The van der Waals surface area contributed by atoms with Crippen LogP contribution in [0, 0.1) is 11.6 Å². The first-order valence-electron chi connectivity index (χ1n) is 14.9. The lowest BCUT2D eigenvalue weighted by Crippen LogP contribution is -2.44. The molecule has 0 fully saturated rings. The number of fused-ring (bicyclic) bond motifs is 1. The summed E-state index contributed by atoms with van der Waals surface area (Å²) in [5, 5.41) is 5.39. The van der Waals surface area contributed by atoms with Crippen LogP contribution >= 0.6 is 0 Å². The highest BCUT2D eigenvalue weighted by molar-refractivity contribution is 6.07. The predicted octanol–water partition coefficient (Wildman–Crippen LogP) is 7.51. The van der Waals surface area contributed by atoms with Crippen molar-refractivity contribution < 1.29 is 54.9 Å². The second kappa shape index (κ2) is 15.3. The minimum absolute atomic E-state index is 0.0337. The van der Waals surface area contributed by atoms with E-state index in [2.05, 4.69) is 15.4 Å². The fraction of sp³-hybridized carbons (Fsp3) is 0.286. The average molecular weight is 691 g/mol. The number of alkyl halides is 4. The number of hydrogen-bond acceptors (Lipinski definition) is 6. The van der Waals surface area contributed by atoms with Crippen LogP contribution in [0.15, 0.2) is 84.9 Å². The molecular formula is C35H32F6N2O6. The molecular weight excluding hydrogens is 658 g/mol. The van der Waals surface area contributed by atoms with E-state index < -0.39 is 72.2 Å². The Hall–Kier alpha value is -5.27. The number of halogens is 6. The number of rotatable bonds is 12. The van der Waals surface area contributed by atoms with E-state index in [1.165, 1.54) is 42.5 Å². The predicted molar refractivity (Wildman–Crippen MR) is 166 cm³/mol. The largest absolute Gasteiger partial charge is 0.461 e. The fourth-order valence-corrected chi connectivity index (χ4v) is 4.81. The molecule has 0 aliphatic heterocycles. The van der Waals surface area contributed by atoms with Gasteiger partial charge in [0.25, 0.3) is 5.91 Å². The van der Waals surface area contributed by atoms with E-state index in [1.807, 2.05) is 0 Å². The number of ether oxygens (including phenoxy) is 3. The van der Waals surface area contributed by atoms with Crippen molar-refractivity contribution in [1.29, 1.82) is 0 Å². The highest BCUT2D eigenvalue weighted by Crippen LogP contribution is 2.31. The standard InChI is InChI=1S/C35H32F6N2O6/c1-34(2,3)49-33(46)42-19-29(44)47-30(21-11-13-22(36)14-12-21)28(18-20-7-6-8-23(17-20)48-35(40,41)32(38)39)43-31(45)26-15-16-27(37)25-10-5-4-9-24(25)26/h4-17,28,30,32H,18-19H2,1-3H3,(H,42,46)(H,43,45). The number of carbonyl (C=O) groups excluding carboxylic acids is 3. The Morgan fingerprint density at radius 2 is 1.51 bits per heavy atom. The van der Waals surface area contributed by atoms with Gasteiger partial charge in [-0.25, -0.2) is 13.6 Å². The fourth-order valence-electron chi connectivity index (χ4n) is 4.81. The maximum Gasteiger partial charge on any atom is 0.461 e. The SMILES string of the molecule is CC(C)(C)OC(=O)NCC(=O)OC(c1ccc(F)cc1)C(Cc1cccc(OC(F)(F)C(F)F)c1)NC(=O)c1ccc(F)c2ccccc12. The topological polar surface area (TPSA) is 103 Å². The molecule has 8 nitrogen and oxygen atoms in total. The molecule has 0 saturated carbocycles. The second-order valence-electron chi connectivity index (χ2n) is 11.9. The Labute approximate surface area is 277 Å². The molecule has 0 bridgehead atoms. The quantitative estimate of drug-likeness (QED) is 0.118. The lowest BCUT2D eigenvalue weighted by molar-refractivity contribution is -0.253. The molecule has 4 rings (SSSR count). The summed E-state index contributed by atoms with van der Waals surface area (Å²) in [4.78, 5) is 39.0. The van der Waals surface area contributed by atoms with Gasteiger partial charge in [0.15, 0.2) is 0 Å². The maximum absolute atomic E-state index is 14.6. The zero-order chi connectivity index (χ0) is 35.9. The minimum Gasteiger partial charge on any atom is -0.454 e. The third kappa shape index (κ3) is 10.1. The first-order valence-corrected chi connectivity index (χ1v) is 14.9. The van der Waals surface area contributed by atoms with Crippen molar-refractivity contribution in [3.8, 4) is 5.75 Å². The molecule has 0 heterocycles. The van der Waals surface area contributed by atoms with Crippen LogP contribution in [0.3, 0.4) is 0 Å². The number of nitrogens with one attached hydrogen (secondary N) is 2. The number of benzene rings is 4. The van der Waals surface area contributed by atoms with E-state index in [0.29, 0.717) is 0 Å². The van der Waals surface area contributed by atoms with E-state index in [0.717, 1.165) is 30.3 Å². The van der Waals surface area contributed by atoms with Crippen molar-refractivity contribution in [2.24, 2.45) is 0 Å². The van der Waals surface area contributed by atoms with Crippen molar-refractivity contribution in [1.82, 2.24) is 10.6 Å². The normalized spacial score (nSPS) is 13.0. The third-order valence-corrected chi connectivity index (χ3v) is 6.89. The van der Waals surface area contributed by atoms with Gasteiger partial charge in [0.2, 0.25) is 0 Å². The minimum atomic E-state index is -4.80. The molecule has 2 unspecified atom stereocenters. The lowest BCUT2D eigenvalue weighted by Gasteiger charge is -2.29. The second-order valence-corrected chi connectivity index (χ2v) is 11.9. The summed E-state index contributed by atoms with van der Waals surface area (Å²) < 4.78 is 96.7. The Morgan fingerprint density at radius 1 is 0.837 bits per heavy atom. The molecule has 4 aromatic carbocycles. The summed E-state index contributed by atoms with van der Waals surface area (Å²) in [7, 11) is 0. The van der Waals surface area contributed by atoms with Crippen molar-refractivity contribution in [3.63, 3.8) is 0 Å². The van der Waals surface area contributed by atoms with Crippen molar-refractivity contribution >= 4 is 28.7 Å². The Morgan fingerprint density at radius 3 is 2.16 bits per heavy atom. The van der Waals surface area contributed by atoms with E-state index in [1.54, 1.807) is 32.9 Å². The van der Waals surface area contributed by atoms with E-state index >= 15 is 0 Å². The molecule has 0 saturated heterocycles. The first-order chi connectivity index (χ1) is 23.0. The van der Waals surface area contributed by atoms with Gasteiger partial charge in [-0.2, -0.15) is 17.6 Å². The molecule has 14 heteroatoms. The van der Waals surface area contributed by atoms with Crippen molar-refractivity contribution in [2.45, 2.75) is 57.5 Å². The van der Waals surface area contributed by atoms with Crippen LogP contribution in [0.2, 0.25) is 0 Å². The van der Waals surface area contributed by atoms with Gasteiger partial charge in [-0.1, -0.05) is 48.5 Å². The van der Waals surface area contributed by atoms with Crippen molar-refractivity contribution in [3.05, 3.63) is 113 Å². The number of carbonyl (C=O) groups is 3. The monoisotopic (exact) mass is 690 g/mol. The van der Waals surface area contributed by atoms with Gasteiger partial charge in [-0.05, 0) is 80.1 Å². The van der Waals surface area contributed by atoms with Crippen LogP contribution in [-0.2, 0) is 20.7 Å². The molecule has 0 spiro atoms. The summed E-state index contributed by atoms with van der Waals surface area (Å²) in [5.41, 5.74) is -0.488. The number of alkyl carbamates (subject to hydrolysis) is 1. The van der Waals surface area contributed by atoms with Gasteiger partial charge in [-0.3, -0.25) is 9.59 Å². The number of esters is 1. The lowest BCUT2D eigenvalue weighted by atomic mass is 9.94.